The maximum Gasteiger partial charge on any atom is 0.408 e. The topological polar surface area (TPSA) is 96.5 Å². The minimum absolute atomic E-state index is 0.0890. The smallest absolute Gasteiger partial charge is 0.408 e. The minimum atomic E-state index is -0.662. The van der Waals surface area contributed by atoms with E-state index in [9.17, 15) is 14.4 Å². The van der Waals surface area contributed by atoms with Crippen LogP contribution in [0.15, 0.2) is 35.9 Å². The fourth-order valence-electron chi connectivity index (χ4n) is 1.94. The Morgan fingerprint density at radius 1 is 1.00 bits per heavy atom. The van der Waals surface area contributed by atoms with Crippen LogP contribution in [0.2, 0.25) is 0 Å². The Morgan fingerprint density at radius 3 is 2.11 bits per heavy atom. The van der Waals surface area contributed by atoms with Gasteiger partial charge in [-0.2, -0.15) is 0 Å². The standard InChI is InChI=1S/C21H31N3O4/c1-14(20(2,3)4)11-17(25)23-15-9-8-10-16(12-15)24-18(26)13-22-19(27)28-21(5,6)7/h8-12H,13H2,1-7H3,(H,22,27)(H,23,25)(H,24,26)/b14-11+. The molecular weight excluding hydrogens is 358 g/mol. The predicted octanol–water partition coefficient (Wildman–Crippen LogP) is 4.08. The summed E-state index contributed by atoms with van der Waals surface area (Å²) in [6, 6.07) is 6.78. The summed E-state index contributed by atoms with van der Waals surface area (Å²) < 4.78 is 5.07. The van der Waals surface area contributed by atoms with E-state index in [1.54, 1.807) is 51.1 Å². The van der Waals surface area contributed by atoms with Gasteiger partial charge in [0.2, 0.25) is 11.8 Å². The third-order valence-electron chi connectivity index (χ3n) is 3.74. The summed E-state index contributed by atoms with van der Waals surface area (Å²) in [7, 11) is 0. The van der Waals surface area contributed by atoms with Crippen molar-refractivity contribution in [3.8, 4) is 0 Å². The summed E-state index contributed by atoms with van der Waals surface area (Å²) in [5.41, 5.74) is 1.30. The Bertz CT molecular complexity index is 756. The third-order valence-corrected chi connectivity index (χ3v) is 3.74. The molecule has 0 unspecified atom stereocenters. The van der Waals surface area contributed by atoms with Crippen LogP contribution < -0.4 is 16.0 Å². The van der Waals surface area contributed by atoms with Crippen molar-refractivity contribution in [3.05, 3.63) is 35.9 Å². The maximum atomic E-state index is 12.2. The van der Waals surface area contributed by atoms with Crippen LogP contribution in [0.5, 0.6) is 0 Å². The van der Waals surface area contributed by atoms with Gasteiger partial charge >= 0.3 is 6.09 Å². The van der Waals surface area contributed by atoms with Gasteiger partial charge in [0.25, 0.3) is 0 Å². The van der Waals surface area contributed by atoms with Gasteiger partial charge in [-0.25, -0.2) is 4.79 Å². The van der Waals surface area contributed by atoms with Crippen LogP contribution in [0.25, 0.3) is 0 Å². The first kappa shape index (κ1) is 23.2. The van der Waals surface area contributed by atoms with E-state index in [4.69, 9.17) is 4.74 Å². The van der Waals surface area contributed by atoms with Gasteiger partial charge in [-0.05, 0) is 51.3 Å². The van der Waals surface area contributed by atoms with Gasteiger partial charge in [0, 0.05) is 17.5 Å². The molecule has 1 aromatic carbocycles. The van der Waals surface area contributed by atoms with Crippen molar-refractivity contribution in [1.82, 2.24) is 5.32 Å². The average molecular weight is 389 g/mol. The molecule has 0 fully saturated rings. The highest BCUT2D eigenvalue weighted by atomic mass is 16.6. The molecule has 0 saturated carbocycles. The monoisotopic (exact) mass is 389 g/mol. The Hall–Kier alpha value is -2.83. The molecule has 0 bridgehead atoms. The first-order chi connectivity index (χ1) is 12.8. The Balaban J connectivity index is 2.62. The molecule has 0 saturated heterocycles. The quantitative estimate of drug-likeness (QED) is 0.661. The zero-order chi connectivity index (χ0) is 21.5. The highest BCUT2D eigenvalue weighted by Gasteiger charge is 2.17. The molecule has 0 aliphatic carbocycles. The van der Waals surface area contributed by atoms with E-state index in [2.05, 4.69) is 16.0 Å². The lowest BCUT2D eigenvalue weighted by atomic mass is 9.87. The van der Waals surface area contributed by atoms with Crippen molar-refractivity contribution < 1.29 is 19.1 Å². The van der Waals surface area contributed by atoms with Crippen LogP contribution in [0, 0.1) is 5.41 Å². The summed E-state index contributed by atoms with van der Waals surface area (Å²) in [4.78, 5) is 35.7. The molecule has 154 valence electrons. The highest BCUT2D eigenvalue weighted by Crippen LogP contribution is 2.24. The molecule has 1 rings (SSSR count). The molecule has 1 aromatic rings. The van der Waals surface area contributed by atoms with E-state index in [1.807, 2.05) is 27.7 Å². The second-order valence-corrected chi connectivity index (χ2v) is 8.55. The number of alkyl carbamates (subject to hydrolysis) is 1. The maximum absolute atomic E-state index is 12.2. The van der Waals surface area contributed by atoms with Crippen molar-refractivity contribution in [2.45, 2.75) is 54.1 Å². The zero-order valence-electron chi connectivity index (χ0n) is 17.7. The first-order valence-corrected chi connectivity index (χ1v) is 9.13. The number of nitrogens with one attached hydrogen (secondary N) is 3. The van der Waals surface area contributed by atoms with Crippen molar-refractivity contribution in [2.75, 3.05) is 17.2 Å². The molecule has 0 aliphatic rings. The number of hydrogen-bond donors (Lipinski definition) is 3. The second kappa shape index (κ2) is 9.39. The molecule has 3 N–H and O–H groups in total. The number of anilines is 2. The molecule has 0 aromatic heterocycles. The SMILES string of the molecule is C/C(=C\C(=O)Nc1cccc(NC(=O)CNC(=O)OC(C)(C)C)c1)C(C)(C)C. The molecule has 0 aliphatic heterocycles. The molecule has 0 heterocycles. The number of amides is 3. The van der Waals surface area contributed by atoms with Gasteiger partial charge in [-0.15, -0.1) is 0 Å². The van der Waals surface area contributed by atoms with E-state index < -0.39 is 17.6 Å². The molecule has 3 amide bonds. The van der Waals surface area contributed by atoms with Crippen LogP contribution in [0.1, 0.15) is 48.5 Å². The summed E-state index contributed by atoms with van der Waals surface area (Å²) >= 11 is 0. The molecular formula is C21H31N3O4. The number of ether oxygens (including phenoxy) is 1. The van der Waals surface area contributed by atoms with E-state index >= 15 is 0 Å². The fourth-order valence-corrected chi connectivity index (χ4v) is 1.94. The van der Waals surface area contributed by atoms with Crippen LogP contribution in [-0.2, 0) is 14.3 Å². The third kappa shape index (κ3) is 9.21. The van der Waals surface area contributed by atoms with Gasteiger partial charge in [0.05, 0.1) is 0 Å². The van der Waals surface area contributed by atoms with Crippen LogP contribution in [-0.4, -0.2) is 30.1 Å². The first-order valence-electron chi connectivity index (χ1n) is 9.13. The number of carbonyl (C=O) groups is 3. The summed E-state index contributed by atoms with van der Waals surface area (Å²) in [5.74, 6) is -0.639. The Kier molecular flexibility index (Phi) is 7.78. The van der Waals surface area contributed by atoms with Crippen molar-refractivity contribution >= 4 is 29.3 Å². The summed E-state index contributed by atoms with van der Waals surface area (Å²) in [5, 5.41) is 7.83. The number of benzene rings is 1. The average Bonchev–Trinajstić information content (AvgIpc) is 2.50. The van der Waals surface area contributed by atoms with Gasteiger partial charge in [-0.1, -0.05) is 32.4 Å². The van der Waals surface area contributed by atoms with Crippen LogP contribution in [0.3, 0.4) is 0 Å². The fraction of sp³-hybridized carbons (Fsp3) is 0.476. The molecule has 7 heteroatoms. The Morgan fingerprint density at radius 2 is 1.57 bits per heavy atom. The van der Waals surface area contributed by atoms with Gasteiger partial charge in [-0.3, -0.25) is 9.59 Å². The molecule has 0 spiro atoms. The normalized spacial score (nSPS) is 12.2. The van der Waals surface area contributed by atoms with Crippen molar-refractivity contribution in [2.24, 2.45) is 5.41 Å². The van der Waals surface area contributed by atoms with Crippen molar-refractivity contribution in [1.29, 1.82) is 0 Å². The summed E-state index contributed by atoms with van der Waals surface area (Å²) in [6.07, 6.45) is 0.903. The molecule has 28 heavy (non-hydrogen) atoms. The number of allylic oxidation sites excluding steroid dienone is 1. The predicted molar refractivity (Wildman–Crippen MR) is 111 cm³/mol. The summed E-state index contributed by atoms with van der Waals surface area (Å²) in [6.45, 7) is 13.0. The van der Waals surface area contributed by atoms with Gasteiger partial charge in [0.1, 0.15) is 12.1 Å². The lowest BCUT2D eigenvalue weighted by molar-refractivity contribution is -0.115. The molecule has 7 nitrogen and oxygen atoms in total. The lowest BCUT2D eigenvalue weighted by Crippen LogP contribution is -2.37. The lowest BCUT2D eigenvalue weighted by Gasteiger charge is -2.19. The minimum Gasteiger partial charge on any atom is -0.444 e. The van der Waals surface area contributed by atoms with Gasteiger partial charge in [0.15, 0.2) is 0 Å². The number of carbonyl (C=O) groups excluding carboxylic acids is 3. The zero-order valence-corrected chi connectivity index (χ0v) is 17.7. The largest absolute Gasteiger partial charge is 0.444 e. The van der Waals surface area contributed by atoms with E-state index in [0.717, 1.165) is 5.57 Å². The second-order valence-electron chi connectivity index (χ2n) is 8.55. The Labute approximate surface area is 166 Å². The number of hydrogen-bond acceptors (Lipinski definition) is 4. The van der Waals surface area contributed by atoms with E-state index in [-0.39, 0.29) is 17.9 Å². The highest BCUT2D eigenvalue weighted by molar-refractivity contribution is 6.00. The van der Waals surface area contributed by atoms with E-state index in [1.165, 1.54) is 0 Å². The number of rotatable bonds is 5. The van der Waals surface area contributed by atoms with Crippen LogP contribution in [0.4, 0.5) is 16.2 Å². The molecule has 0 atom stereocenters. The van der Waals surface area contributed by atoms with Gasteiger partial charge < -0.3 is 20.7 Å². The van der Waals surface area contributed by atoms with Crippen molar-refractivity contribution in [3.63, 3.8) is 0 Å². The van der Waals surface area contributed by atoms with Crippen LogP contribution >= 0.6 is 0 Å². The van der Waals surface area contributed by atoms with E-state index in [0.29, 0.717) is 11.4 Å². The molecule has 0 radical (unpaired) electrons.